The molecule has 0 unspecified atom stereocenters. The standard InChI is InChI=1S/C16H20N4O5/c1-4-24-16(23)20-7-5-19(6-8-20)15(22)11-10(2)25-13-12(11)14(21)18(3)9-17-13/h9H,4-8H2,1-3H3. The number of aryl methyl sites for hydroxylation is 2. The number of hydrogen-bond donors (Lipinski definition) is 0. The summed E-state index contributed by atoms with van der Waals surface area (Å²) in [6, 6.07) is 0. The molecular weight excluding hydrogens is 328 g/mol. The van der Waals surface area contributed by atoms with E-state index in [-0.39, 0.29) is 34.2 Å². The maximum atomic E-state index is 12.9. The van der Waals surface area contributed by atoms with Gasteiger partial charge in [-0.3, -0.25) is 9.59 Å². The Morgan fingerprint density at radius 2 is 1.88 bits per heavy atom. The Morgan fingerprint density at radius 3 is 2.52 bits per heavy atom. The minimum absolute atomic E-state index is 0.161. The van der Waals surface area contributed by atoms with Gasteiger partial charge in [-0.05, 0) is 13.8 Å². The molecule has 9 heteroatoms. The third-order valence-electron chi connectivity index (χ3n) is 4.25. The van der Waals surface area contributed by atoms with Crippen molar-refractivity contribution >= 4 is 23.1 Å². The van der Waals surface area contributed by atoms with Crippen LogP contribution in [0.5, 0.6) is 0 Å². The smallest absolute Gasteiger partial charge is 0.409 e. The zero-order chi connectivity index (χ0) is 18.1. The molecule has 0 bridgehead atoms. The van der Waals surface area contributed by atoms with Crippen molar-refractivity contribution in [2.75, 3.05) is 32.8 Å². The van der Waals surface area contributed by atoms with Crippen LogP contribution in [0.1, 0.15) is 23.0 Å². The summed E-state index contributed by atoms with van der Waals surface area (Å²) >= 11 is 0. The third-order valence-corrected chi connectivity index (χ3v) is 4.25. The van der Waals surface area contributed by atoms with Crippen LogP contribution in [0.25, 0.3) is 11.1 Å². The summed E-state index contributed by atoms with van der Waals surface area (Å²) in [4.78, 5) is 44.3. The lowest BCUT2D eigenvalue weighted by Gasteiger charge is -2.34. The fourth-order valence-electron chi connectivity index (χ4n) is 2.91. The van der Waals surface area contributed by atoms with Crippen molar-refractivity contribution in [1.82, 2.24) is 19.4 Å². The van der Waals surface area contributed by atoms with Gasteiger partial charge in [0.25, 0.3) is 11.5 Å². The Hall–Kier alpha value is -2.84. The van der Waals surface area contributed by atoms with Crippen molar-refractivity contribution in [1.29, 1.82) is 0 Å². The van der Waals surface area contributed by atoms with E-state index in [1.807, 2.05) is 0 Å². The highest BCUT2D eigenvalue weighted by Crippen LogP contribution is 2.23. The van der Waals surface area contributed by atoms with Gasteiger partial charge in [-0.15, -0.1) is 0 Å². The Labute approximate surface area is 143 Å². The Morgan fingerprint density at radius 1 is 1.24 bits per heavy atom. The lowest BCUT2D eigenvalue weighted by Crippen LogP contribution is -2.50. The molecule has 0 aromatic carbocycles. The molecule has 2 aromatic rings. The summed E-state index contributed by atoms with van der Waals surface area (Å²) in [5.74, 6) is 0.0773. The van der Waals surface area contributed by atoms with Gasteiger partial charge in [-0.1, -0.05) is 0 Å². The first-order valence-corrected chi connectivity index (χ1v) is 8.09. The zero-order valence-corrected chi connectivity index (χ0v) is 14.4. The quantitative estimate of drug-likeness (QED) is 0.794. The van der Waals surface area contributed by atoms with E-state index < -0.39 is 0 Å². The van der Waals surface area contributed by atoms with Crippen molar-refractivity contribution < 1.29 is 18.7 Å². The van der Waals surface area contributed by atoms with Crippen LogP contribution in [0.15, 0.2) is 15.5 Å². The van der Waals surface area contributed by atoms with Crippen LogP contribution >= 0.6 is 0 Å². The predicted octanol–water partition coefficient (Wildman–Crippen LogP) is 0.749. The molecule has 2 aromatic heterocycles. The first-order valence-electron chi connectivity index (χ1n) is 8.09. The highest BCUT2D eigenvalue weighted by Gasteiger charge is 2.30. The van der Waals surface area contributed by atoms with E-state index in [0.29, 0.717) is 38.5 Å². The number of carbonyl (C=O) groups excluding carboxylic acids is 2. The molecule has 2 amide bonds. The summed E-state index contributed by atoms with van der Waals surface area (Å²) in [5.41, 5.74) is 0.0813. The van der Waals surface area contributed by atoms with Gasteiger partial charge in [0.05, 0.1) is 12.2 Å². The molecule has 0 atom stereocenters. The van der Waals surface area contributed by atoms with Crippen molar-refractivity contribution in [2.45, 2.75) is 13.8 Å². The average molecular weight is 348 g/mol. The fraction of sp³-hybridized carbons (Fsp3) is 0.500. The average Bonchev–Trinajstić information content (AvgIpc) is 2.95. The van der Waals surface area contributed by atoms with Crippen molar-refractivity contribution in [3.63, 3.8) is 0 Å². The van der Waals surface area contributed by atoms with Gasteiger partial charge in [0.2, 0.25) is 5.71 Å². The molecular formula is C16H20N4O5. The first-order chi connectivity index (χ1) is 11.9. The number of nitrogens with zero attached hydrogens (tertiary/aromatic N) is 4. The van der Waals surface area contributed by atoms with Crippen LogP contribution < -0.4 is 5.56 Å². The molecule has 1 fully saturated rings. The van der Waals surface area contributed by atoms with Gasteiger partial charge >= 0.3 is 6.09 Å². The van der Waals surface area contributed by atoms with Crippen LogP contribution in [0.4, 0.5) is 4.79 Å². The second-order valence-electron chi connectivity index (χ2n) is 5.85. The number of piperazine rings is 1. The van der Waals surface area contributed by atoms with Gasteiger partial charge < -0.3 is 23.5 Å². The SMILES string of the molecule is CCOC(=O)N1CCN(C(=O)c2c(C)oc3ncn(C)c(=O)c23)CC1. The van der Waals surface area contributed by atoms with Crippen molar-refractivity contribution in [2.24, 2.45) is 7.05 Å². The topological polar surface area (TPSA) is 97.9 Å². The Kier molecular flexibility index (Phi) is 4.47. The van der Waals surface area contributed by atoms with Gasteiger partial charge in [-0.25, -0.2) is 9.78 Å². The lowest BCUT2D eigenvalue weighted by atomic mass is 10.1. The van der Waals surface area contributed by atoms with E-state index in [1.165, 1.54) is 10.9 Å². The highest BCUT2D eigenvalue weighted by molar-refractivity contribution is 6.06. The third kappa shape index (κ3) is 2.97. The summed E-state index contributed by atoms with van der Waals surface area (Å²) in [5, 5.41) is 0.195. The van der Waals surface area contributed by atoms with E-state index in [9.17, 15) is 14.4 Å². The number of rotatable bonds is 2. The van der Waals surface area contributed by atoms with Gasteiger partial charge in [0.15, 0.2) is 0 Å². The molecule has 1 aliphatic rings. The number of amides is 2. The molecule has 0 radical (unpaired) electrons. The highest BCUT2D eigenvalue weighted by atomic mass is 16.6. The van der Waals surface area contributed by atoms with E-state index >= 15 is 0 Å². The second kappa shape index (κ2) is 6.58. The van der Waals surface area contributed by atoms with Crippen LogP contribution in [-0.2, 0) is 11.8 Å². The maximum absolute atomic E-state index is 12.9. The summed E-state index contributed by atoms with van der Waals surface area (Å²) in [6.45, 7) is 5.21. The van der Waals surface area contributed by atoms with Crippen LogP contribution in [0.3, 0.4) is 0 Å². The molecule has 25 heavy (non-hydrogen) atoms. The molecule has 3 rings (SSSR count). The number of hydrogen-bond acceptors (Lipinski definition) is 6. The molecule has 0 aliphatic carbocycles. The molecule has 1 saturated heterocycles. The molecule has 134 valence electrons. The van der Waals surface area contributed by atoms with Crippen LogP contribution in [-0.4, -0.2) is 64.1 Å². The van der Waals surface area contributed by atoms with Gasteiger partial charge in [0.1, 0.15) is 17.5 Å². The lowest BCUT2D eigenvalue weighted by molar-refractivity contribution is 0.0570. The summed E-state index contributed by atoms with van der Waals surface area (Å²) in [7, 11) is 1.57. The second-order valence-corrected chi connectivity index (χ2v) is 5.85. The predicted molar refractivity (Wildman–Crippen MR) is 88.5 cm³/mol. The zero-order valence-electron chi connectivity index (χ0n) is 14.4. The van der Waals surface area contributed by atoms with Crippen LogP contribution in [0.2, 0.25) is 0 Å². The number of ether oxygens (including phenoxy) is 1. The number of fused-ring (bicyclic) bond motifs is 1. The summed E-state index contributed by atoms with van der Waals surface area (Å²) in [6.07, 6.45) is 0.984. The van der Waals surface area contributed by atoms with E-state index in [2.05, 4.69) is 4.98 Å². The van der Waals surface area contributed by atoms with Crippen molar-refractivity contribution in [3.8, 4) is 0 Å². The minimum atomic E-state index is -0.377. The summed E-state index contributed by atoms with van der Waals surface area (Å²) < 4.78 is 11.8. The monoisotopic (exact) mass is 348 g/mol. The molecule has 0 spiro atoms. The largest absolute Gasteiger partial charge is 0.450 e. The molecule has 9 nitrogen and oxygen atoms in total. The number of carbonyl (C=O) groups is 2. The molecule has 0 N–H and O–H groups in total. The molecule has 1 aliphatic heterocycles. The van der Waals surface area contributed by atoms with Gasteiger partial charge in [-0.2, -0.15) is 0 Å². The maximum Gasteiger partial charge on any atom is 0.409 e. The van der Waals surface area contributed by atoms with E-state index in [0.717, 1.165) is 0 Å². The first kappa shape index (κ1) is 17.0. The van der Waals surface area contributed by atoms with Crippen LogP contribution in [0, 0.1) is 6.92 Å². The number of aromatic nitrogens is 2. The Balaban J connectivity index is 1.84. The van der Waals surface area contributed by atoms with Crippen molar-refractivity contribution in [3.05, 3.63) is 28.0 Å². The number of furan rings is 1. The van der Waals surface area contributed by atoms with E-state index in [1.54, 1.807) is 30.7 Å². The Bertz CT molecular complexity index is 877. The molecule has 0 saturated carbocycles. The molecule has 3 heterocycles. The minimum Gasteiger partial charge on any atom is -0.450 e. The van der Waals surface area contributed by atoms with Gasteiger partial charge in [0, 0.05) is 33.2 Å². The normalized spacial score (nSPS) is 14.8. The van der Waals surface area contributed by atoms with E-state index in [4.69, 9.17) is 9.15 Å². The fourth-order valence-corrected chi connectivity index (χ4v) is 2.91.